The number of aromatic nitrogens is 2. The number of benzene rings is 2. The first-order valence-electron chi connectivity index (χ1n) is 10.8. The molecule has 2 unspecified atom stereocenters. The van der Waals surface area contributed by atoms with Crippen LogP contribution in [0.3, 0.4) is 0 Å². The summed E-state index contributed by atoms with van der Waals surface area (Å²) in [5, 5.41) is 11.4. The first-order valence-corrected chi connectivity index (χ1v) is 10.8. The van der Waals surface area contributed by atoms with Crippen molar-refractivity contribution in [3.05, 3.63) is 84.1 Å². The summed E-state index contributed by atoms with van der Waals surface area (Å²) in [5.41, 5.74) is 2.96. The van der Waals surface area contributed by atoms with Gasteiger partial charge in [-0.1, -0.05) is 48.0 Å². The van der Waals surface area contributed by atoms with Gasteiger partial charge in [0.25, 0.3) is 0 Å². The van der Waals surface area contributed by atoms with Crippen molar-refractivity contribution < 1.29 is 4.79 Å². The first-order chi connectivity index (χ1) is 15.1. The number of anilines is 2. The van der Waals surface area contributed by atoms with Crippen LogP contribution in [0.4, 0.5) is 11.5 Å². The summed E-state index contributed by atoms with van der Waals surface area (Å²) in [4.78, 5) is 17.8. The third-order valence-electron chi connectivity index (χ3n) is 5.85. The molecule has 6 heteroatoms. The summed E-state index contributed by atoms with van der Waals surface area (Å²) in [6.07, 6.45) is 3.88. The van der Waals surface area contributed by atoms with Gasteiger partial charge in [-0.05, 0) is 56.6 Å². The average molecular weight is 416 g/mol. The van der Waals surface area contributed by atoms with Gasteiger partial charge in [-0.3, -0.25) is 9.69 Å². The zero-order chi connectivity index (χ0) is 21.6. The molecule has 2 atom stereocenters. The van der Waals surface area contributed by atoms with E-state index in [-0.39, 0.29) is 11.9 Å². The van der Waals surface area contributed by atoms with E-state index < -0.39 is 0 Å². The van der Waals surface area contributed by atoms with Crippen LogP contribution in [0.25, 0.3) is 0 Å². The Bertz CT molecular complexity index is 978. The summed E-state index contributed by atoms with van der Waals surface area (Å²) in [6, 6.07) is 21.7. The van der Waals surface area contributed by atoms with Gasteiger partial charge in [0.15, 0.2) is 5.82 Å². The van der Waals surface area contributed by atoms with Gasteiger partial charge in [0, 0.05) is 31.0 Å². The minimum atomic E-state index is -0.383. The number of aryl methyl sites for hydroxylation is 1. The molecule has 0 saturated carbocycles. The van der Waals surface area contributed by atoms with Gasteiger partial charge in [-0.2, -0.15) is 5.10 Å². The maximum Gasteiger partial charge on any atom is 0.246 e. The van der Waals surface area contributed by atoms with Crippen LogP contribution in [0.1, 0.15) is 30.0 Å². The third-order valence-corrected chi connectivity index (χ3v) is 5.85. The van der Waals surface area contributed by atoms with Crippen LogP contribution in [0.2, 0.25) is 0 Å². The molecule has 1 amide bonds. The van der Waals surface area contributed by atoms with Gasteiger partial charge in [0.05, 0.1) is 0 Å². The predicted octanol–water partition coefficient (Wildman–Crippen LogP) is 4.07. The van der Waals surface area contributed by atoms with Gasteiger partial charge >= 0.3 is 0 Å². The van der Waals surface area contributed by atoms with Crippen LogP contribution in [0, 0.1) is 6.92 Å². The largest absolute Gasteiger partial charge is 0.351 e. The van der Waals surface area contributed by atoms with E-state index in [9.17, 15) is 4.79 Å². The summed E-state index contributed by atoms with van der Waals surface area (Å²) in [5.74, 6) is 0.875. The predicted molar refractivity (Wildman–Crippen MR) is 124 cm³/mol. The Balaban J connectivity index is 1.53. The molecule has 1 aliphatic heterocycles. The number of hydrogen-bond acceptors (Lipinski definition) is 5. The maximum absolute atomic E-state index is 13.4. The van der Waals surface area contributed by atoms with Crippen molar-refractivity contribution in [1.82, 2.24) is 15.1 Å². The topological polar surface area (TPSA) is 61.4 Å². The van der Waals surface area contributed by atoms with Crippen LogP contribution in [-0.4, -0.2) is 47.2 Å². The Kier molecular flexibility index (Phi) is 6.57. The quantitative estimate of drug-likeness (QED) is 0.630. The molecule has 2 aromatic carbocycles. The first kappa shape index (κ1) is 21.0. The van der Waals surface area contributed by atoms with Gasteiger partial charge in [0.1, 0.15) is 6.04 Å². The molecular weight excluding hydrogens is 386 g/mol. The van der Waals surface area contributed by atoms with E-state index in [2.05, 4.69) is 25.3 Å². The molecule has 0 radical (unpaired) electrons. The number of rotatable bonds is 7. The Morgan fingerprint density at radius 2 is 1.90 bits per heavy atom. The second kappa shape index (κ2) is 9.71. The van der Waals surface area contributed by atoms with Crippen LogP contribution in [-0.2, 0) is 4.79 Å². The smallest absolute Gasteiger partial charge is 0.246 e. The van der Waals surface area contributed by atoms with Gasteiger partial charge in [-0.15, -0.1) is 5.10 Å². The fourth-order valence-corrected chi connectivity index (χ4v) is 4.30. The molecule has 6 nitrogen and oxygen atoms in total. The van der Waals surface area contributed by atoms with E-state index in [4.69, 9.17) is 0 Å². The fourth-order valence-electron chi connectivity index (χ4n) is 4.30. The van der Waals surface area contributed by atoms with Crippen molar-refractivity contribution in [3.63, 3.8) is 0 Å². The second-order valence-corrected chi connectivity index (χ2v) is 8.18. The van der Waals surface area contributed by atoms with E-state index in [1.54, 1.807) is 6.20 Å². The molecular formula is C25H29N5O. The summed E-state index contributed by atoms with van der Waals surface area (Å²) < 4.78 is 0. The van der Waals surface area contributed by atoms with Crippen LogP contribution >= 0.6 is 0 Å². The summed E-state index contributed by atoms with van der Waals surface area (Å²) in [6.45, 7) is 3.76. The maximum atomic E-state index is 13.4. The molecule has 31 heavy (non-hydrogen) atoms. The normalized spacial score (nSPS) is 17.0. The van der Waals surface area contributed by atoms with E-state index in [1.807, 2.05) is 80.7 Å². The minimum absolute atomic E-state index is 0.0263. The number of likely N-dealkylation sites (N-methyl/N-ethyl adjacent to an activating group) is 1. The Morgan fingerprint density at radius 1 is 1.13 bits per heavy atom. The fraction of sp³-hybridized carbons (Fsp3) is 0.320. The number of nitrogens with zero attached hydrogens (tertiary/aromatic N) is 4. The molecule has 0 bridgehead atoms. The van der Waals surface area contributed by atoms with Crippen LogP contribution in [0.5, 0.6) is 0 Å². The highest BCUT2D eigenvalue weighted by Crippen LogP contribution is 2.27. The zero-order valence-electron chi connectivity index (χ0n) is 18.1. The third kappa shape index (κ3) is 5.09. The van der Waals surface area contributed by atoms with E-state index in [1.165, 1.54) is 5.56 Å². The highest BCUT2D eigenvalue weighted by molar-refractivity contribution is 5.95. The van der Waals surface area contributed by atoms with Gasteiger partial charge in [0.2, 0.25) is 5.91 Å². The molecule has 2 heterocycles. The summed E-state index contributed by atoms with van der Waals surface area (Å²) >= 11 is 0. The van der Waals surface area contributed by atoms with Crippen molar-refractivity contribution in [3.8, 4) is 0 Å². The lowest BCUT2D eigenvalue weighted by molar-refractivity contribution is -0.121. The Labute approximate surface area is 183 Å². The highest BCUT2D eigenvalue weighted by atomic mass is 16.2. The minimum Gasteiger partial charge on any atom is -0.351 e. The molecule has 1 N–H and O–H groups in total. The number of hydrogen-bond donors (Lipinski definition) is 1. The lowest BCUT2D eigenvalue weighted by Gasteiger charge is -2.33. The molecule has 160 valence electrons. The highest BCUT2D eigenvalue weighted by Gasteiger charge is 2.32. The number of carbonyl (C=O) groups excluding carboxylic acids is 1. The lowest BCUT2D eigenvalue weighted by atomic mass is 10.0. The van der Waals surface area contributed by atoms with Gasteiger partial charge in [-0.25, -0.2) is 0 Å². The van der Waals surface area contributed by atoms with Crippen molar-refractivity contribution in [2.24, 2.45) is 0 Å². The molecule has 1 fully saturated rings. The molecule has 4 rings (SSSR count). The SMILES string of the molecule is Cc1ccc(NC(=O)C(c2ccccc2)N(C)CC2CCCN2c2cccnn2)cc1. The lowest BCUT2D eigenvalue weighted by Crippen LogP contribution is -2.43. The monoisotopic (exact) mass is 415 g/mol. The summed E-state index contributed by atoms with van der Waals surface area (Å²) in [7, 11) is 2.03. The zero-order valence-corrected chi connectivity index (χ0v) is 18.1. The number of nitrogens with one attached hydrogen (secondary N) is 1. The number of carbonyl (C=O) groups is 1. The second-order valence-electron chi connectivity index (χ2n) is 8.18. The van der Waals surface area contributed by atoms with Crippen molar-refractivity contribution in [1.29, 1.82) is 0 Å². The van der Waals surface area contributed by atoms with E-state index in [0.717, 1.165) is 43.0 Å². The van der Waals surface area contributed by atoms with Crippen molar-refractivity contribution in [2.45, 2.75) is 31.8 Å². The van der Waals surface area contributed by atoms with E-state index in [0.29, 0.717) is 6.04 Å². The molecule has 0 spiro atoms. The van der Waals surface area contributed by atoms with Crippen molar-refractivity contribution >= 4 is 17.4 Å². The molecule has 1 saturated heterocycles. The molecule has 1 aliphatic rings. The number of amides is 1. The van der Waals surface area contributed by atoms with E-state index >= 15 is 0 Å². The molecule has 3 aromatic rings. The Morgan fingerprint density at radius 3 is 2.61 bits per heavy atom. The average Bonchev–Trinajstić information content (AvgIpc) is 3.25. The van der Waals surface area contributed by atoms with Crippen LogP contribution < -0.4 is 10.2 Å². The molecule has 1 aromatic heterocycles. The Hall–Kier alpha value is -3.25. The van der Waals surface area contributed by atoms with Crippen LogP contribution in [0.15, 0.2) is 72.9 Å². The van der Waals surface area contributed by atoms with Gasteiger partial charge < -0.3 is 10.2 Å². The molecule has 0 aliphatic carbocycles. The van der Waals surface area contributed by atoms with Crippen molar-refractivity contribution in [2.75, 3.05) is 30.4 Å². The standard InChI is InChI=1S/C25H29N5O/c1-19-12-14-21(15-13-19)27-25(31)24(20-8-4-3-5-9-20)29(2)18-22-10-7-17-30(22)23-11-6-16-26-28-23/h3-6,8-9,11-16,22,24H,7,10,17-18H2,1-2H3,(H,27,31).